The number of sulfonamides is 1. The van der Waals surface area contributed by atoms with Crippen molar-refractivity contribution in [3.05, 3.63) is 51.9 Å². The van der Waals surface area contributed by atoms with Crippen molar-refractivity contribution in [2.45, 2.75) is 24.5 Å². The molecule has 31 heavy (non-hydrogen) atoms. The molecule has 2 aromatic rings. The number of aryl methyl sites for hydroxylation is 2. The fourth-order valence-electron chi connectivity index (χ4n) is 3.83. The highest BCUT2D eigenvalue weighted by Crippen LogP contribution is 2.26. The fourth-order valence-corrected chi connectivity index (χ4v) is 6.69. The minimum Gasteiger partial charge on any atom is -0.340 e. The minimum absolute atomic E-state index is 0.0111. The Bertz CT molecular complexity index is 1160. The first-order valence-electron chi connectivity index (χ1n) is 9.99. The Hall–Kier alpha value is -2.56. The minimum atomic E-state index is -3.55. The van der Waals surface area contributed by atoms with Crippen LogP contribution in [0.5, 0.6) is 0 Å². The molecule has 2 aliphatic rings. The van der Waals surface area contributed by atoms with Crippen LogP contribution in [-0.4, -0.2) is 73.0 Å². The van der Waals surface area contributed by atoms with Crippen LogP contribution >= 0.6 is 11.3 Å². The lowest BCUT2D eigenvalue weighted by molar-refractivity contribution is -0.132. The van der Waals surface area contributed by atoms with Gasteiger partial charge in [0.05, 0.1) is 11.1 Å². The van der Waals surface area contributed by atoms with E-state index < -0.39 is 10.0 Å². The van der Waals surface area contributed by atoms with E-state index in [1.54, 1.807) is 35.2 Å². The van der Waals surface area contributed by atoms with Crippen LogP contribution in [0.4, 0.5) is 0 Å². The van der Waals surface area contributed by atoms with E-state index >= 15 is 0 Å². The number of thiophene rings is 1. The molecule has 0 aliphatic carbocycles. The van der Waals surface area contributed by atoms with Gasteiger partial charge in [0.1, 0.15) is 4.21 Å². The summed E-state index contributed by atoms with van der Waals surface area (Å²) in [6.45, 7) is 4.72. The second kappa shape index (κ2) is 8.18. The highest BCUT2D eigenvalue weighted by molar-refractivity contribution is 7.91. The normalized spacial score (nSPS) is 17.4. The van der Waals surface area contributed by atoms with Crippen molar-refractivity contribution in [2.24, 2.45) is 0 Å². The highest BCUT2D eigenvalue weighted by Gasteiger charge is 2.36. The van der Waals surface area contributed by atoms with Crippen molar-refractivity contribution in [3.8, 4) is 0 Å². The maximum Gasteiger partial charge on any atom is 0.261 e. The van der Waals surface area contributed by atoms with Gasteiger partial charge in [0, 0.05) is 44.0 Å². The summed E-state index contributed by atoms with van der Waals surface area (Å²) in [5.74, 6) is -0.953. The Balaban J connectivity index is 1.33. The molecular formula is C21H23N3O5S2. The number of hydrogen-bond donors (Lipinski definition) is 0. The predicted molar refractivity (Wildman–Crippen MR) is 116 cm³/mol. The molecule has 0 bridgehead atoms. The molecule has 8 nitrogen and oxygen atoms in total. The van der Waals surface area contributed by atoms with Gasteiger partial charge in [-0.05, 0) is 38.1 Å². The molecule has 0 saturated carbocycles. The van der Waals surface area contributed by atoms with Crippen molar-refractivity contribution in [2.75, 3.05) is 32.7 Å². The average molecular weight is 462 g/mol. The maximum atomic E-state index is 12.7. The first-order valence-corrected chi connectivity index (χ1v) is 12.3. The van der Waals surface area contributed by atoms with Crippen LogP contribution in [0, 0.1) is 13.8 Å². The fraction of sp³-hybridized carbons (Fsp3) is 0.381. The van der Waals surface area contributed by atoms with Crippen LogP contribution < -0.4 is 0 Å². The Morgan fingerprint density at radius 1 is 0.968 bits per heavy atom. The summed E-state index contributed by atoms with van der Waals surface area (Å²) in [6, 6.07) is 8.49. The molecular weight excluding hydrogens is 438 g/mol. The second-order valence-electron chi connectivity index (χ2n) is 7.71. The van der Waals surface area contributed by atoms with Crippen molar-refractivity contribution in [3.63, 3.8) is 0 Å². The summed E-state index contributed by atoms with van der Waals surface area (Å²) in [7, 11) is -3.55. The van der Waals surface area contributed by atoms with E-state index in [4.69, 9.17) is 0 Å². The van der Waals surface area contributed by atoms with Crippen LogP contribution in [0.25, 0.3) is 0 Å². The van der Waals surface area contributed by atoms with Crippen LogP contribution in [0.2, 0.25) is 0 Å². The third kappa shape index (κ3) is 4.02. The molecule has 3 heterocycles. The highest BCUT2D eigenvalue weighted by atomic mass is 32.2. The number of imide groups is 1. The monoisotopic (exact) mass is 461 g/mol. The van der Waals surface area contributed by atoms with Crippen molar-refractivity contribution in [1.82, 2.24) is 14.1 Å². The number of rotatable bonds is 5. The number of fused-ring (bicyclic) bond motifs is 1. The quantitative estimate of drug-likeness (QED) is 0.634. The summed E-state index contributed by atoms with van der Waals surface area (Å²) in [4.78, 5) is 41.3. The lowest BCUT2D eigenvalue weighted by atomic mass is 10.1. The third-order valence-corrected chi connectivity index (χ3v) is 8.94. The molecule has 0 N–H and O–H groups in total. The van der Waals surface area contributed by atoms with Crippen LogP contribution in [-0.2, 0) is 14.8 Å². The van der Waals surface area contributed by atoms with Gasteiger partial charge in [-0.3, -0.25) is 19.3 Å². The molecule has 0 atom stereocenters. The zero-order chi connectivity index (χ0) is 22.3. The summed E-state index contributed by atoms with van der Waals surface area (Å²) in [6.07, 6.45) is 0.0152. The molecule has 4 rings (SSSR count). The van der Waals surface area contributed by atoms with Gasteiger partial charge in [0.25, 0.3) is 21.8 Å². The van der Waals surface area contributed by atoms with Gasteiger partial charge in [-0.2, -0.15) is 4.31 Å². The average Bonchev–Trinajstić information content (AvgIpc) is 3.29. The summed E-state index contributed by atoms with van der Waals surface area (Å²) < 4.78 is 27.2. The van der Waals surface area contributed by atoms with Crippen LogP contribution in [0.15, 0.2) is 34.5 Å². The molecule has 10 heteroatoms. The first-order chi connectivity index (χ1) is 14.7. The molecule has 1 saturated heterocycles. The summed E-state index contributed by atoms with van der Waals surface area (Å²) in [5.41, 5.74) is 1.63. The van der Waals surface area contributed by atoms with Crippen molar-refractivity contribution >= 4 is 39.1 Å². The van der Waals surface area contributed by atoms with E-state index in [1.807, 2.05) is 13.8 Å². The maximum absolute atomic E-state index is 12.7. The van der Waals surface area contributed by atoms with Crippen LogP contribution in [0.3, 0.4) is 0 Å². The van der Waals surface area contributed by atoms with E-state index in [0.29, 0.717) is 15.3 Å². The zero-order valence-electron chi connectivity index (χ0n) is 17.3. The van der Waals surface area contributed by atoms with E-state index in [0.717, 1.165) is 15.3 Å². The number of piperazine rings is 1. The number of carbonyl (C=O) groups excluding carboxylic acids is 3. The second-order valence-corrected chi connectivity index (χ2v) is 11.2. The smallest absolute Gasteiger partial charge is 0.261 e. The van der Waals surface area contributed by atoms with Crippen molar-refractivity contribution in [1.29, 1.82) is 0 Å². The van der Waals surface area contributed by atoms with Gasteiger partial charge >= 0.3 is 0 Å². The van der Waals surface area contributed by atoms with E-state index in [2.05, 4.69) is 0 Å². The lowest BCUT2D eigenvalue weighted by Gasteiger charge is -2.34. The molecule has 0 radical (unpaired) electrons. The van der Waals surface area contributed by atoms with Gasteiger partial charge in [0.2, 0.25) is 5.91 Å². The molecule has 164 valence electrons. The summed E-state index contributed by atoms with van der Waals surface area (Å²) >= 11 is 1.23. The van der Waals surface area contributed by atoms with E-state index in [1.165, 1.54) is 15.6 Å². The first kappa shape index (κ1) is 21.7. The Morgan fingerprint density at radius 3 is 2.29 bits per heavy atom. The SMILES string of the molecule is Cc1ccc2c(c1)C(=O)N(CCC(=O)N1CCN(S(=O)(=O)c3ccc(C)s3)CC1)C2=O. The number of carbonyl (C=O) groups is 3. The molecule has 2 aliphatic heterocycles. The standard InChI is InChI=1S/C21H23N3O5S2/c1-14-3-5-16-17(13-14)21(27)24(20(16)26)8-7-18(25)22-9-11-23(12-10-22)31(28,29)19-6-4-15(2)30-19/h3-6,13H,7-12H2,1-2H3. The molecule has 0 unspecified atom stereocenters. The Labute approximate surface area is 185 Å². The van der Waals surface area contributed by atoms with Gasteiger partial charge in [0.15, 0.2) is 0 Å². The predicted octanol–water partition coefficient (Wildman–Crippen LogP) is 1.88. The third-order valence-electron chi connectivity index (χ3n) is 5.58. The van der Waals surface area contributed by atoms with Gasteiger partial charge in [-0.15, -0.1) is 11.3 Å². The zero-order valence-corrected chi connectivity index (χ0v) is 19.0. The Kier molecular flexibility index (Phi) is 5.71. The van der Waals surface area contributed by atoms with Gasteiger partial charge in [-0.25, -0.2) is 8.42 Å². The largest absolute Gasteiger partial charge is 0.340 e. The van der Waals surface area contributed by atoms with E-state index in [9.17, 15) is 22.8 Å². The van der Waals surface area contributed by atoms with Crippen LogP contribution in [0.1, 0.15) is 37.6 Å². The molecule has 1 fully saturated rings. The van der Waals surface area contributed by atoms with Gasteiger partial charge in [-0.1, -0.05) is 11.6 Å². The molecule has 1 aromatic carbocycles. The number of hydrogen-bond acceptors (Lipinski definition) is 6. The van der Waals surface area contributed by atoms with E-state index in [-0.39, 0.29) is 56.9 Å². The topological polar surface area (TPSA) is 95.1 Å². The molecule has 3 amide bonds. The number of nitrogens with zero attached hydrogens (tertiary/aromatic N) is 3. The molecule has 1 aromatic heterocycles. The number of amides is 3. The van der Waals surface area contributed by atoms with Crippen molar-refractivity contribution < 1.29 is 22.8 Å². The lowest BCUT2D eigenvalue weighted by Crippen LogP contribution is -2.50. The summed E-state index contributed by atoms with van der Waals surface area (Å²) in [5, 5.41) is 0. The Morgan fingerprint density at radius 2 is 1.65 bits per heavy atom. The molecule has 0 spiro atoms. The van der Waals surface area contributed by atoms with Gasteiger partial charge < -0.3 is 4.90 Å². The number of benzene rings is 1.